The van der Waals surface area contributed by atoms with E-state index < -0.39 is 0 Å². The quantitative estimate of drug-likeness (QED) is 0.888. The van der Waals surface area contributed by atoms with Crippen LogP contribution in [0.1, 0.15) is 25.5 Å². The maximum atomic E-state index is 9.28. The molecule has 0 aliphatic rings. The van der Waals surface area contributed by atoms with Crippen LogP contribution in [-0.2, 0) is 0 Å². The van der Waals surface area contributed by atoms with Crippen LogP contribution in [0.5, 0.6) is 5.75 Å². The highest BCUT2D eigenvalue weighted by molar-refractivity contribution is 6.32. The first-order valence-corrected chi connectivity index (χ1v) is 6.33. The number of halogens is 1. The molecule has 0 aliphatic carbocycles. The number of ether oxygens (including phenoxy) is 1. The zero-order valence-corrected chi connectivity index (χ0v) is 12.0. The minimum absolute atomic E-state index is 0.0293. The third kappa shape index (κ3) is 3.16. The van der Waals surface area contributed by atoms with E-state index in [-0.39, 0.29) is 17.9 Å². The van der Waals surface area contributed by atoms with Crippen LogP contribution in [0.4, 0.5) is 0 Å². The van der Waals surface area contributed by atoms with Crippen molar-refractivity contribution in [3.63, 3.8) is 0 Å². The SMILES string of the molecule is CNC(c1ccc(OC)c(Cl)c1)C(C#N)C(C)C. The molecule has 0 bridgehead atoms. The molecule has 0 heterocycles. The second-order valence-corrected chi connectivity index (χ2v) is 4.97. The molecule has 1 rings (SSSR count). The van der Waals surface area contributed by atoms with Gasteiger partial charge in [0.2, 0.25) is 0 Å². The Kier molecular flexibility index (Phi) is 5.46. The van der Waals surface area contributed by atoms with Gasteiger partial charge in [-0.1, -0.05) is 31.5 Å². The lowest BCUT2D eigenvalue weighted by atomic mass is 9.85. The lowest BCUT2D eigenvalue weighted by Crippen LogP contribution is -2.27. The molecule has 0 fully saturated rings. The Labute approximate surface area is 114 Å². The fraction of sp³-hybridized carbons (Fsp3) is 0.500. The largest absolute Gasteiger partial charge is 0.495 e. The highest BCUT2D eigenvalue weighted by Gasteiger charge is 2.25. The van der Waals surface area contributed by atoms with Crippen molar-refractivity contribution < 1.29 is 4.74 Å². The van der Waals surface area contributed by atoms with E-state index >= 15 is 0 Å². The van der Waals surface area contributed by atoms with E-state index in [0.717, 1.165) is 5.56 Å². The van der Waals surface area contributed by atoms with Crippen LogP contribution in [0.3, 0.4) is 0 Å². The molecule has 1 N–H and O–H groups in total. The van der Waals surface area contributed by atoms with Gasteiger partial charge in [-0.05, 0) is 30.7 Å². The number of rotatable bonds is 5. The third-order valence-electron chi connectivity index (χ3n) is 3.07. The van der Waals surface area contributed by atoms with Gasteiger partial charge in [0.1, 0.15) is 5.75 Å². The summed E-state index contributed by atoms with van der Waals surface area (Å²) in [6.07, 6.45) is 0. The molecule has 2 atom stereocenters. The lowest BCUT2D eigenvalue weighted by molar-refractivity contribution is 0.362. The topological polar surface area (TPSA) is 45.0 Å². The monoisotopic (exact) mass is 266 g/mol. The molecule has 0 aromatic heterocycles. The maximum absolute atomic E-state index is 9.28. The first-order chi connectivity index (χ1) is 8.54. The second-order valence-electron chi connectivity index (χ2n) is 4.56. The highest BCUT2D eigenvalue weighted by atomic mass is 35.5. The highest BCUT2D eigenvalue weighted by Crippen LogP contribution is 2.32. The molecule has 0 saturated carbocycles. The van der Waals surface area contributed by atoms with Gasteiger partial charge in [0.05, 0.1) is 24.1 Å². The fourth-order valence-electron chi connectivity index (χ4n) is 2.04. The van der Waals surface area contributed by atoms with Crippen molar-refractivity contribution >= 4 is 11.6 Å². The molecule has 1 aromatic rings. The molecule has 18 heavy (non-hydrogen) atoms. The van der Waals surface area contributed by atoms with Gasteiger partial charge in [0, 0.05) is 6.04 Å². The van der Waals surface area contributed by atoms with Crippen LogP contribution >= 0.6 is 11.6 Å². The molecule has 0 radical (unpaired) electrons. The molecular weight excluding hydrogens is 248 g/mol. The van der Waals surface area contributed by atoms with Crippen molar-refractivity contribution in [1.29, 1.82) is 5.26 Å². The summed E-state index contributed by atoms with van der Waals surface area (Å²) in [4.78, 5) is 0. The summed E-state index contributed by atoms with van der Waals surface area (Å²) >= 11 is 6.12. The lowest BCUT2D eigenvalue weighted by Gasteiger charge is -2.25. The summed E-state index contributed by atoms with van der Waals surface area (Å²) in [5.74, 6) is 0.820. The summed E-state index contributed by atoms with van der Waals surface area (Å²) in [6.45, 7) is 4.09. The molecule has 0 aliphatic heterocycles. The molecule has 0 spiro atoms. The number of nitrogens with one attached hydrogen (secondary N) is 1. The van der Waals surface area contributed by atoms with Gasteiger partial charge in [0.25, 0.3) is 0 Å². The van der Waals surface area contributed by atoms with Crippen LogP contribution in [0, 0.1) is 23.2 Å². The van der Waals surface area contributed by atoms with Crippen molar-refractivity contribution in [2.45, 2.75) is 19.9 Å². The van der Waals surface area contributed by atoms with E-state index in [1.54, 1.807) is 7.11 Å². The van der Waals surface area contributed by atoms with Crippen LogP contribution in [0.25, 0.3) is 0 Å². The minimum Gasteiger partial charge on any atom is -0.495 e. The van der Waals surface area contributed by atoms with Crippen molar-refractivity contribution in [2.75, 3.05) is 14.2 Å². The summed E-state index contributed by atoms with van der Waals surface area (Å²) < 4.78 is 5.13. The Hall–Kier alpha value is -1.24. The van der Waals surface area contributed by atoms with Gasteiger partial charge < -0.3 is 10.1 Å². The normalized spacial score (nSPS) is 14.1. The molecule has 0 amide bonds. The average molecular weight is 267 g/mol. The van der Waals surface area contributed by atoms with Gasteiger partial charge in [-0.25, -0.2) is 0 Å². The zero-order chi connectivity index (χ0) is 13.7. The first kappa shape index (κ1) is 14.8. The maximum Gasteiger partial charge on any atom is 0.137 e. The Morgan fingerprint density at radius 3 is 2.44 bits per heavy atom. The third-order valence-corrected chi connectivity index (χ3v) is 3.37. The Balaban J connectivity index is 3.10. The van der Waals surface area contributed by atoms with Gasteiger partial charge in [0.15, 0.2) is 0 Å². The predicted molar refractivity (Wildman–Crippen MR) is 73.7 cm³/mol. The van der Waals surface area contributed by atoms with Crippen LogP contribution < -0.4 is 10.1 Å². The molecule has 4 heteroatoms. The summed E-state index contributed by atoms with van der Waals surface area (Å²) in [7, 11) is 3.44. The standard InChI is InChI=1S/C14H19ClN2O/c1-9(2)11(8-16)14(17-3)10-5-6-13(18-4)12(15)7-10/h5-7,9,11,14,17H,1-4H3. The van der Waals surface area contributed by atoms with E-state index in [1.165, 1.54) is 0 Å². The smallest absolute Gasteiger partial charge is 0.137 e. The zero-order valence-electron chi connectivity index (χ0n) is 11.2. The van der Waals surface area contributed by atoms with Crippen LogP contribution in [0.2, 0.25) is 5.02 Å². The Bertz CT molecular complexity index is 440. The molecule has 98 valence electrons. The predicted octanol–water partition coefficient (Wildman–Crippen LogP) is 3.40. The van der Waals surface area contributed by atoms with Crippen molar-refractivity contribution in [3.05, 3.63) is 28.8 Å². The van der Waals surface area contributed by atoms with Crippen LogP contribution in [-0.4, -0.2) is 14.2 Å². The van der Waals surface area contributed by atoms with Gasteiger partial charge >= 0.3 is 0 Å². The average Bonchev–Trinajstić information content (AvgIpc) is 2.35. The van der Waals surface area contributed by atoms with Crippen LogP contribution in [0.15, 0.2) is 18.2 Å². The van der Waals surface area contributed by atoms with Crippen molar-refractivity contribution in [3.8, 4) is 11.8 Å². The Morgan fingerprint density at radius 1 is 1.39 bits per heavy atom. The summed E-state index contributed by atoms with van der Waals surface area (Å²) in [5, 5.41) is 13.0. The number of hydrogen-bond acceptors (Lipinski definition) is 3. The summed E-state index contributed by atoms with van der Waals surface area (Å²) in [5.41, 5.74) is 1.00. The molecule has 2 unspecified atom stereocenters. The van der Waals surface area contributed by atoms with Crippen molar-refractivity contribution in [2.24, 2.45) is 11.8 Å². The first-order valence-electron chi connectivity index (χ1n) is 5.95. The van der Waals surface area contributed by atoms with E-state index in [9.17, 15) is 5.26 Å². The number of nitriles is 1. The number of benzene rings is 1. The van der Waals surface area contributed by atoms with Gasteiger partial charge in [-0.3, -0.25) is 0 Å². The van der Waals surface area contributed by atoms with Gasteiger partial charge in [-0.2, -0.15) is 5.26 Å². The van der Waals surface area contributed by atoms with E-state index in [4.69, 9.17) is 16.3 Å². The molecule has 0 saturated heterocycles. The summed E-state index contributed by atoms with van der Waals surface area (Å²) in [6, 6.07) is 7.96. The van der Waals surface area contributed by atoms with E-state index in [2.05, 4.69) is 11.4 Å². The fourth-order valence-corrected chi connectivity index (χ4v) is 2.30. The van der Waals surface area contributed by atoms with Crippen molar-refractivity contribution in [1.82, 2.24) is 5.32 Å². The number of nitrogens with zero attached hydrogens (tertiary/aromatic N) is 1. The van der Waals surface area contributed by atoms with E-state index in [0.29, 0.717) is 10.8 Å². The van der Waals surface area contributed by atoms with Gasteiger partial charge in [-0.15, -0.1) is 0 Å². The molecule has 3 nitrogen and oxygen atoms in total. The molecular formula is C14H19ClN2O. The second kappa shape index (κ2) is 6.63. The number of hydrogen-bond donors (Lipinski definition) is 1. The Morgan fingerprint density at radius 2 is 2.06 bits per heavy atom. The number of methoxy groups -OCH3 is 1. The van der Waals surface area contributed by atoms with E-state index in [1.807, 2.05) is 39.1 Å². The minimum atomic E-state index is -0.0977. The molecule has 1 aromatic carbocycles.